The molecule has 0 spiro atoms. The lowest BCUT2D eigenvalue weighted by atomic mass is 10.2. The molecule has 1 aromatic rings. The van der Waals surface area contributed by atoms with Gasteiger partial charge in [0.15, 0.2) is 0 Å². The fraction of sp³-hybridized carbons (Fsp3) is 0.667. The first-order valence-corrected chi connectivity index (χ1v) is 6.20. The van der Waals surface area contributed by atoms with Gasteiger partial charge in [-0.25, -0.2) is 0 Å². The maximum atomic E-state index is 9.09. The second-order valence-electron chi connectivity index (χ2n) is 4.41. The number of aromatic nitrogens is 3. The summed E-state index contributed by atoms with van der Waals surface area (Å²) >= 11 is 0. The van der Waals surface area contributed by atoms with E-state index in [0.29, 0.717) is 18.3 Å². The van der Waals surface area contributed by atoms with Gasteiger partial charge in [0.2, 0.25) is 11.9 Å². The van der Waals surface area contributed by atoms with Crippen molar-refractivity contribution in [3.63, 3.8) is 0 Å². The zero-order valence-corrected chi connectivity index (χ0v) is 12.0. The predicted octanol–water partition coefficient (Wildman–Crippen LogP) is 1.44. The number of hydrogen-bond donors (Lipinski definition) is 1. The number of anilines is 2. The van der Waals surface area contributed by atoms with Crippen molar-refractivity contribution in [2.75, 3.05) is 24.4 Å². The molecular weight excluding hydrogens is 244 g/mol. The van der Waals surface area contributed by atoms with E-state index in [4.69, 9.17) is 10.00 Å². The number of nitrogens with one attached hydrogen (secondary N) is 1. The van der Waals surface area contributed by atoms with Crippen LogP contribution in [0.15, 0.2) is 0 Å². The molecule has 0 saturated carbocycles. The van der Waals surface area contributed by atoms with Gasteiger partial charge in [0, 0.05) is 13.1 Å². The normalized spacial score (nSPS) is 11.8. The molecule has 0 amide bonds. The Morgan fingerprint density at radius 2 is 2.05 bits per heavy atom. The van der Waals surface area contributed by atoms with Crippen LogP contribution < -0.4 is 15.0 Å². The van der Waals surface area contributed by atoms with Crippen molar-refractivity contribution in [1.29, 1.82) is 5.26 Å². The van der Waals surface area contributed by atoms with Crippen molar-refractivity contribution in [2.24, 2.45) is 0 Å². The van der Waals surface area contributed by atoms with E-state index in [1.165, 1.54) is 7.11 Å². The zero-order valence-electron chi connectivity index (χ0n) is 12.0. The van der Waals surface area contributed by atoms with Gasteiger partial charge in [0.1, 0.15) is 6.04 Å². The molecule has 0 unspecified atom stereocenters. The minimum absolute atomic E-state index is 0.197. The van der Waals surface area contributed by atoms with Gasteiger partial charge in [0.05, 0.1) is 13.2 Å². The maximum absolute atomic E-state index is 9.09. The quantitative estimate of drug-likeness (QED) is 0.831. The van der Waals surface area contributed by atoms with Gasteiger partial charge in [-0.05, 0) is 20.3 Å². The van der Waals surface area contributed by atoms with Gasteiger partial charge in [-0.1, -0.05) is 6.92 Å². The molecule has 1 rings (SSSR count). The van der Waals surface area contributed by atoms with Crippen LogP contribution in [0.25, 0.3) is 0 Å². The monoisotopic (exact) mass is 264 g/mol. The first-order chi connectivity index (χ1) is 9.01. The molecule has 0 aromatic carbocycles. The van der Waals surface area contributed by atoms with Crippen LogP contribution in [0.5, 0.6) is 6.01 Å². The molecule has 7 heteroatoms. The summed E-state index contributed by atoms with van der Waals surface area (Å²) in [4.78, 5) is 14.3. The lowest BCUT2D eigenvalue weighted by molar-refractivity contribution is 0.378. The van der Waals surface area contributed by atoms with E-state index >= 15 is 0 Å². The van der Waals surface area contributed by atoms with Gasteiger partial charge in [-0.2, -0.15) is 20.2 Å². The topological polar surface area (TPSA) is 87.0 Å². The molecule has 0 bridgehead atoms. The molecule has 0 aliphatic heterocycles. The van der Waals surface area contributed by atoms with E-state index in [1.807, 2.05) is 20.8 Å². The first kappa shape index (κ1) is 15.0. The van der Waals surface area contributed by atoms with E-state index in [-0.39, 0.29) is 18.1 Å². The molecule has 104 valence electrons. The maximum Gasteiger partial charge on any atom is 0.322 e. The Morgan fingerprint density at radius 1 is 1.37 bits per heavy atom. The van der Waals surface area contributed by atoms with Crippen LogP contribution in [0.2, 0.25) is 0 Å². The molecule has 19 heavy (non-hydrogen) atoms. The highest BCUT2D eigenvalue weighted by molar-refractivity contribution is 5.40. The third-order valence-electron chi connectivity index (χ3n) is 2.52. The SMILES string of the molecule is CC[C@@H](C#N)N(C)c1nc(NC(C)C)nc(OC)n1. The molecule has 0 aliphatic carbocycles. The Labute approximate surface area is 113 Å². The summed E-state index contributed by atoms with van der Waals surface area (Å²) in [6.45, 7) is 5.92. The second kappa shape index (κ2) is 6.73. The van der Waals surface area contributed by atoms with Crippen molar-refractivity contribution in [1.82, 2.24) is 15.0 Å². The highest BCUT2D eigenvalue weighted by atomic mass is 16.5. The fourth-order valence-corrected chi connectivity index (χ4v) is 1.51. The van der Waals surface area contributed by atoms with Crippen LogP contribution in [0.3, 0.4) is 0 Å². The summed E-state index contributed by atoms with van der Waals surface area (Å²) in [6.07, 6.45) is 0.688. The molecule has 0 radical (unpaired) electrons. The van der Waals surface area contributed by atoms with Crippen molar-refractivity contribution < 1.29 is 4.74 Å². The number of hydrogen-bond acceptors (Lipinski definition) is 7. The van der Waals surface area contributed by atoms with Gasteiger partial charge < -0.3 is 15.0 Å². The molecular formula is C12H20N6O. The Kier molecular flexibility index (Phi) is 5.30. The van der Waals surface area contributed by atoms with E-state index in [9.17, 15) is 0 Å². The molecule has 7 nitrogen and oxygen atoms in total. The Morgan fingerprint density at radius 3 is 2.53 bits per heavy atom. The van der Waals surface area contributed by atoms with Gasteiger partial charge in [-0.15, -0.1) is 0 Å². The smallest absolute Gasteiger partial charge is 0.322 e. The number of methoxy groups -OCH3 is 1. The minimum Gasteiger partial charge on any atom is -0.467 e. The third kappa shape index (κ3) is 3.95. The van der Waals surface area contributed by atoms with Crippen molar-refractivity contribution in [3.8, 4) is 12.1 Å². The lowest BCUT2D eigenvalue weighted by Gasteiger charge is -2.22. The van der Waals surface area contributed by atoms with Crippen LogP contribution in [-0.4, -0.2) is 41.2 Å². The van der Waals surface area contributed by atoms with Gasteiger partial charge in [-0.3, -0.25) is 0 Å². The lowest BCUT2D eigenvalue weighted by Crippen LogP contribution is -2.31. The van der Waals surface area contributed by atoms with E-state index in [0.717, 1.165) is 0 Å². The van der Waals surface area contributed by atoms with Crippen molar-refractivity contribution in [3.05, 3.63) is 0 Å². The summed E-state index contributed by atoms with van der Waals surface area (Å²) in [5.41, 5.74) is 0. The third-order valence-corrected chi connectivity index (χ3v) is 2.52. The fourth-order valence-electron chi connectivity index (χ4n) is 1.51. The standard InChI is InChI=1S/C12H20N6O/c1-6-9(7-13)18(4)11-15-10(14-8(2)3)16-12(17-11)19-5/h8-9H,6H2,1-5H3,(H,14,15,16,17)/t9-/m0/s1. The second-order valence-corrected chi connectivity index (χ2v) is 4.41. The first-order valence-electron chi connectivity index (χ1n) is 6.20. The van der Waals surface area contributed by atoms with Crippen LogP contribution in [0.4, 0.5) is 11.9 Å². The molecule has 0 saturated heterocycles. The van der Waals surface area contributed by atoms with Crippen LogP contribution in [-0.2, 0) is 0 Å². The Balaban J connectivity index is 3.09. The predicted molar refractivity (Wildman–Crippen MR) is 73.2 cm³/mol. The highest BCUT2D eigenvalue weighted by Gasteiger charge is 2.17. The molecule has 0 fully saturated rings. The summed E-state index contributed by atoms with van der Waals surface area (Å²) in [6, 6.07) is 2.36. The van der Waals surface area contributed by atoms with E-state index in [2.05, 4.69) is 26.3 Å². The van der Waals surface area contributed by atoms with E-state index in [1.54, 1.807) is 11.9 Å². The van der Waals surface area contributed by atoms with Crippen LogP contribution in [0, 0.1) is 11.3 Å². The molecule has 1 N–H and O–H groups in total. The van der Waals surface area contributed by atoms with Crippen molar-refractivity contribution >= 4 is 11.9 Å². The zero-order chi connectivity index (χ0) is 14.4. The Bertz CT molecular complexity index is 456. The number of ether oxygens (including phenoxy) is 1. The van der Waals surface area contributed by atoms with Crippen LogP contribution >= 0.6 is 0 Å². The number of nitriles is 1. The highest BCUT2D eigenvalue weighted by Crippen LogP contribution is 2.17. The summed E-state index contributed by atoms with van der Waals surface area (Å²) in [7, 11) is 3.28. The largest absolute Gasteiger partial charge is 0.467 e. The number of nitrogens with zero attached hydrogens (tertiary/aromatic N) is 5. The van der Waals surface area contributed by atoms with Gasteiger partial charge in [0.25, 0.3) is 0 Å². The average Bonchev–Trinajstić information content (AvgIpc) is 2.38. The van der Waals surface area contributed by atoms with Crippen molar-refractivity contribution in [2.45, 2.75) is 39.3 Å². The molecule has 1 heterocycles. The average molecular weight is 264 g/mol. The number of rotatable bonds is 6. The summed E-state index contributed by atoms with van der Waals surface area (Å²) in [5, 5.41) is 12.2. The summed E-state index contributed by atoms with van der Waals surface area (Å²) in [5.74, 6) is 0.861. The van der Waals surface area contributed by atoms with Gasteiger partial charge >= 0.3 is 6.01 Å². The minimum atomic E-state index is -0.279. The molecule has 1 aromatic heterocycles. The summed E-state index contributed by atoms with van der Waals surface area (Å²) < 4.78 is 5.06. The molecule has 1 atom stereocenters. The Hall–Kier alpha value is -2.10. The molecule has 0 aliphatic rings. The van der Waals surface area contributed by atoms with Crippen LogP contribution in [0.1, 0.15) is 27.2 Å². The van der Waals surface area contributed by atoms with E-state index < -0.39 is 0 Å².